The number of hydrogen-bond donors (Lipinski definition) is 3. The second-order valence-corrected chi connectivity index (χ2v) is 7.62. The zero-order valence-electron chi connectivity index (χ0n) is 16.1. The zero-order chi connectivity index (χ0) is 19.2. The Labute approximate surface area is 162 Å². The van der Waals surface area contributed by atoms with E-state index in [2.05, 4.69) is 24.1 Å². The summed E-state index contributed by atoms with van der Waals surface area (Å²) in [6.07, 6.45) is 10.3. The number of hydrogen-bond acceptors (Lipinski definition) is 4. The Morgan fingerprint density at radius 1 is 1.19 bits per heavy atom. The molecule has 2 unspecified atom stereocenters. The van der Waals surface area contributed by atoms with Crippen LogP contribution in [0.15, 0.2) is 11.4 Å². The summed E-state index contributed by atoms with van der Waals surface area (Å²) in [6.45, 7) is 3.30. The van der Waals surface area contributed by atoms with E-state index in [0.717, 1.165) is 17.7 Å². The monoisotopic (exact) mass is 379 g/mol. The third-order valence-electron chi connectivity index (χ3n) is 4.29. The molecule has 0 aliphatic rings. The second-order valence-electron chi connectivity index (χ2n) is 6.71. The molecule has 1 heterocycles. The molecule has 26 heavy (non-hydrogen) atoms. The minimum absolute atomic E-state index is 0.274. The van der Waals surface area contributed by atoms with E-state index in [0.29, 0.717) is 5.56 Å². The van der Waals surface area contributed by atoms with Gasteiger partial charge in [0, 0.05) is 13.3 Å². The van der Waals surface area contributed by atoms with Crippen molar-refractivity contribution < 1.29 is 15.0 Å². The van der Waals surface area contributed by atoms with Crippen molar-refractivity contribution >= 4 is 17.2 Å². The van der Waals surface area contributed by atoms with Gasteiger partial charge in [0.25, 0.3) is 0 Å². The van der Waals surface area contributed by atoms with E-state index in [-0.39, 0.29) is 12.5 Å². The Hall–Kier alpha value is -1.35. The summed E-state index contributed by atoms with van der Waals surface area (Å²) in [5, 5.41) is 24.0. The van der Waals surface area contributed by atoms with E-state index in [1.54, 1.807) is 0 Å². The Bertz CT molecular complexity index is 573. The van der Waals surface area contributed by atoms with Crippen LogP contribution in [0.25, 0.3) is 0 Å². The van der Waals surface area contributed by atoms with Crippen LogP contribution in [0, 0.1) is 11.8 Å². The molecule has 0 saturated heterocycles. The molecular weight excluding hydrogens is 346 g/mol. The van der Waals surface area contributed by atoms with Gasteiger partial charge in [-0.05, 0) is 23.4 Å². The van der Waals surface area contributed by atoms with Crippen molar-refractivity contribution in [2.45, 2.75) is 83.8 Å². The molecule has 0 bridgehead atoms. The predicted octanol–water partition coefficient (Wildman–Crippen LogP) is 4.16. The summed E-state index contributed by atoms with van der Waals surface area (Å²) >= 11 is 1.48. The molecule has 0 spiro atoms. The first-order valence-corrected chi connectivity index (χ1v) is 10.6. The van der Waals surface area contributed by atoms with Gasteiger partial charge in [0.1, 0.15) is 6.10 Å². The normalized spacial score (nSPS) is 12.9. The van der Waals surface area contributed by atoms with Crippen LogP contribution in [0.5, 0.6) is 0 Å². The first kappa shape index (κ1) is 22.7. The SMILES string of the molecule is CCCCCCCCCCC#Cc1cc(C(O)C(CO)NC(C)=O)cs1. The highest BCUT2D eigenvalue weighted by Crippen LogP contribution is 2.23. The van der Waals surface area contributed by atoms with Crippen molar-refractivity contribution in [1.29, 1.82) is 0 Å². The lowest BCUT2D eigenvalue weighted by Gasteiger charge is -2.20. The molecule has 0 aromatic carbocycles. The van der Waals surface area contributed by atoms with Gasteiger partial charge in [0.15, 0.2) is 0 Å². The van der Waals surface area contributed by atoms with Crippen LogP contribution in [0.3, 0.4) is 0 Å². The lowest BCUT2D eigenvalue weighted by molar-refractivity contribution is -0.121. The Morgan fingerprint density at radius 2 is 1.85 bits per heavy atom. The fourth-order valence-electron chi connectivity index (χ4n) is 2.79. The average Bonchev–Trinajstić information content (AvgIpc) is 3.09. The van der Waals surface area contributed by atoms with Crippen molar-refractivity contribution in [3.05, 3.63) is 21.9 Å². The summed E-state index contributed by atoms with van der Waals surface area (Å²) in [7, 11) is 0. The van der Waals surface area contributed by atoms with Crippen molar-refractivity contribution in [2.75, 3.05) is 6.61 Å². The Morgan fingerprint density at radius 3 is 2.46 bits per heavy atom. The summed E-state index contributed by atoms with van der Waals surface area (Å²) in [5.41, 5.74) is 0.680. The third-order valence-corrected chi connectivity index (χ3v) is 5.16. The van der Waals surface area contributed by atoms with Gasteiger partial charge < -0.3 is 15.5 Å². The van der Waals surface area contributed by atoms with E-state index < -0.39 is 12.1 Å². The minimum Gasteiger partial charge on any atom is -0.394 e. The van der Waals surface area contributed by atoms with Gasteiger partial charge in [-0.25, -0.2) is 0 Å². The molecule has 0 aliphatic heterocycles. The predicted molar refractivity (Wildman–Crippen MR) is 108 cm³/mol. The first-order valence-electron chi connectivity index (χ1n) is 9.71. The van der Waals surface area contributed by atoms with Gasteiger partial charge in [-0.2, -0.15) is 0 Å². The van der Waals surface area contributed by atoms with Gasteiger partial charge in [-0.1, -0.05) is 63.7 Å². The third kappa shape index (κ3) is 9.38. The maximum absolute atomic E-state index is 11.1. The van der Waals surface area contributed by atoms with Crippen molar-refractivity contribution in [2.24, 2.45) is 0 Å². The Kier molecular flexibility index (Phi) is 12.0. The van der Waals surface area contributed by atoms with Crippen LogP contribution in [0.1, 0.15) is 88.2 Å². The average molecular weight is 380 g/mol. The second kappa shape index (κ2) is 13.8. The molecule has 4 nitrogen and oxygen atoms in total. The summed E-state index contributed by atoms with van der Waals surface area (Å²) < 4.78 is 0. The van der Waals surface area contributed by atoms with Crippen LogP contribution in [-0.4, -0.2) is 28.8 Å². The molecule has 0 aliphatic carbocycles. The number of unbranched alkanes of at least 4 members (excludes halogenated alkanes) is 8. The van der Waals surface area contributed by atoms with Crippen molar-refractivity contribution in [1.82, 2.24) is 5.32 Å². The number of carbonyl (C=O) groups is 1. The highest BCUT2D eigenvalue weighted by molar-refractivity contribution is 7.10. The number of rotatable bonds is 12. The van der Waals surface area contributed by atoms with Crippen molar-refractivity contribution in [3.8, 4) is 11.8 Å². The topological polar surface area (TPSA) is 69.6 Å². The fraction of sp³-hybridized carbons (Fsp3) is 0.667. The summed E-state index contributed by atoms with van der Waals surface area (Å²) in [5.74, 6) is 6.07. The van der Waals surface area contributed by atoms with Crippen LogP contribution in [-0.2, 0) is 4.79 Å². The molecule has 5 heteroatoms. The van der Waals surface area contributed by atoms with Gasteiger partial charge in [-0.3, -0.25) is 4.79 Å². The molecule has 3 N–H and O–H groups in total. The van der Waals surface area contributed by atoms with E-state index in [9.17, 15) is 15.0 Å². The van der Waals surface area contributed by atoms with E-state index in [1.807, 2.05) is 11.4 Å². The van der Waals surface area contributed by atoms with E-state index in [4.69, 9.17) is 0 Å². The molecular formula is C21H33NO3S. The maximum Gasteiger partial charge on any atom is 0.217 e. The lowest BCUT2D eigenvalue weighted by Crippen LogP contribution is -2.40. The zero-order valence-corrected chi connectivity index (χ0v) is 16.9. The smallest absolute Gasteiger partial charge is 0.217 e. The van der Waals surface area contributed by atoms with Crippen LogP contribution in [0.4, 0.5) is 0 Å². The van der Waals surface area contributed by atoms with E-state index >= 15 is 0 Å². The van der Waals surface area contributed by atoms with Gasteiger partial charge in [-0.15, -0.1) is 11.3 Å². The van der Waals surface area contributed by atoms with Crippen LogP contribution >= 0.6 is 11.3 Å². The maximum atomic E-state index is 11.1. The number of carbonyl (C=O) groups excluding carboxylic acids is 1. The number of aliphatic hydroxyl groups excluding tert-OH is 2. The summed E-state index contributed by atoms with van der Waals surface area (Å²) in [4.78, 5) is 12.0. The van der Waals surface area contributed by atoms with Crippen LogP contribution < -0.4 is 5.32 Å². The van der Waals surface area contributed by atoms with Gasteiger partial charge >= 0.3 is 0 Å². The molecule has 146 valence electrons. The molecule has 0 fully saturated rings. The Balaban J connectivity index is 2.31. The highest BCUT2D eigenvalue weighted by atomic mass is 32.1. The molecule has 1 amide bonds. The van der Waals surface area contributed by atoms with Gasteiger partial charge in [0.2, 0.25) is 5.91 Å². The molecule has 0 radical (unpaired) electrons. The van der Waals surface area contributed by atoms with E-state index in [1.165, 1.54) is 63.2 Å². The highest BCUT2D eigenvalue weighted by Gasteiger charge is 2.21. The lowest BCUT2D eigenvalue weighted by atomic mass is 10.1. The molecule has 0 saturated carbocycles. The van der Waals surface area contributed by atoms with Crippen molar-refractivity contribution in [3.63, 3.8) is 0 Å². The quantitative estimate of drug-likeness (QED) is 0.377. The number of amides is 1. The minimum atomic E-state index is -0.927. The first-order chi connectivity index (χ1) is 12.6. The van der Waals surface area contributed by atoms with Gasteiger partial charge in [0.05, 0.1) is 17.5 Å². The molecule has 1 aromatic heterocycles. The largest absolute Gasteiger partial charge is 0.394 e. The summed E-state index contributed by atoms with van der Waals surface area (Å²) in [6, 6.07) is 1.14. The number of nitrogens with one attached hydrogen (secondary N) is 1. The molecule has 2 atom stereocenters. The molecule has 1 aromatic rings. The number of thiophene rings is 1. The number of aliphatic hydroxyl groups is 2. The fourth-order valence-corrected chi connectivity index (χ4v) is 3.59. The standard InChI is InChI=1S/C21H33NO3S/c1-3-4-5-6-7-8-9-10-11-12-13-19-14-18(16-26-19)21(25)20(15-23)22-17(2)24/h14,16,20-21,23,25H,3-11,15H2,1-2H3,(H,22,24). The van der Waals surface area contributed by atoms with Crippen LogP contribution in [0.2, 0.25) is 0 Å². The molecule has 1 rings (SSSR count).